The van der Waals surface area contributed by atoms with Gasteiger partial charge < -0.3 is 10.5 Å². The van der Waals surface area contributed by atoms with Crippen molar-refractivity contribution in [1.29, 1.82) is 0 Å². The summed E-state index contributed by atoms with van der Waals surface area (Å²) in [6.45, 7) is 2.01. The van der Waals surface area contributed by atoms with E-state index in [9.17, 15) is 13.2 Å². The molecule has 0 aromatic heterocycles. The smallest absolute Gasteiger partial charge is 0.167 e. The monoisotopic (exact) mass is 299 g/mol. The highest BCUT2D eigenvalue weighted by molar-refractivity contribution is 7.99. The van der Waals surface area contributed by atoms with Crippen LogP contribution in [-0.4, -0.2) is 6.61 Å². The largest absolute Gasteiger partial charge is 0.491 e. The summed E-state index contributed by atoms with van der Waals surface area (Å²) in [5.74, 6) is -1.69. The van der Waals surface area contributed by atoms with Crippen LogP contribution >= 0.6 is 11.8 Å². The summed E-state index contributed by atoms with van der Waals surface area (Å²) < 4.78 is 45.4. The van der Waals surface area contributed by atoms with Crippen LogP contribution in [0.3, 0.4) is 0 Å². The van der Waals surface area contributed by atoms with Crippen LogP contribution in [0.2, 0.25) is 0 Å². The Morgan fingerprint density at radius 2 is 1.80 bits per heavy atom. The molecule has 0 unspecified atom stereocenters. The predicted molar refractivity (Wildman–Crippen MR) is 72.5 cm³/mol. The van der Waals surface area contributed by atoms with Gasteiger partial charge in [-0.2, -0.15) is 0 Å². The highest BCUT2D eigenvalue weighted by atomic mass is 32.2. The lowest BCUT2D eigenvalue weighted by atomic mass is 10.3. The maximum Gasteiger partial charge on any atom is 0.167 e. The molecule has 0 saturated carbocycles. The second-order valence-electron chi connectivity index (χ2n) is 3.93. The Hall–Kier alpha value is -1.82. The Labute approximate surface area is 118 Å². The van der Waals surface area contributed by atoms with Crippen LogP contribution in [0.5, 0.6) is 5.75 Å². The van der Waals surface area contributed by atoms with Crippen LogP contribution < -0.4 is 10.5 Å². The number of nitrogens with two attached hydrogens (primary N) is 1. The van der Waals surface area contributed by atoms with Gasteiger partial charge in [-0.3, -0.25) is 0 Å². The molecule has 0 radical (unpaired) electrons. The van der Waals surface area contributed by atoms with Gasteiger partial charge in [-0.25, -0.2) is 13.2 Å². The molecule has 0 atom stereocenters. The number of hydrogen-bond donors (Lipinski definition) is 1. The first-order valence-corrected chi connectivity index (χ1v) is 6.67. The van der Waals surface area contributed by atoms with E-state index in [4.69, 9.17) is 10.5 Å². The van der Waals surface area contributed by atoms with Gasteiger partial charge in [0.1, 0.15) is 11.6 Å². The minimum absolute atomic E-state index is 0.0287. The van der Waals surface area contributed by atoms with Gasteiger partial charge in [0.25, 0.3) is 0 Å². The molecule has 2 rings (SSSR count). The molecule has 0 bridgehead atoms. The van der Waals surface area contributed by atoms with Crippen LogP contribution in [0.15, 0.2) is 40.1 Å². The fourth-order valence-electron chi connectivity index (χ4n) is 1.58. The van der Waals surface area contributed by atoms with E-state index in [0.29, 0.717) is 11.5 Å². The molecule has 2 aromatic rings. The highest BCUT2D eigenvalue weighted by Gasteiger charge is 2.13. The number of nitrogen functional groups attached to an aromatic ring is 1. The van der Waals surface area contributed by atoms with Gasteiger partial charge >= 0.3 is 0 Å². The molecule has 0 spiro atoms. The summed E-state index contributed by atoms with van der Waals surface area (Å²) in [5, 5.41) is 0. The molecule has 6 heteroatoms. The van der Waals surface area contributed by atoms with Crippen molar-refractivity contribution in [2.75, 3.05) is 12.3 Å². The van der Waals surface area contributed by atoms with Crippen LogP contribution in [0.25, 0.3) is 0 Å². The Morgan fingerprint density at radius 3 is 2.50 bits per heavy atom. The van der Waals surface area contributed by atoms with Gasteiger partial charge in [-0.1, -0.05) is 11.8 Å². The van der Waals surface area contributed by atoms with Gasteiger partial charge in [0.15, 0.2) is 11.6 Å². The lowest BCUT2D eigenvalue weighted by molar-refractivity contribution is 0.321. The van der Waals surface area contributed by atoms with Crippen molar-refractivity contribution in [2.24, 2.45) is 0 Å². The summed E-state index contributed by atoms with van der Waals surface area (Å²) in [6.07, 6.45) is 0. The van der Waals surface area contributed by atoms with Crippen LogP contribution in [0.1, 0.15) is 6.92 Å². The van der Waals surface area contributed by atoms with Crippen molar-refractivity contribution in [3.8, 4) is 5.75 Å². The third-order valence-electron chi connectivity index (χ3n) is 2.48. The van der Waals surface area contributed by atoms with Gasteiger partial charge in [0.05, 0.1) is 11.5 Å². The van der Waals surface area contributed by atoms with E-state index in [1.54, 1.807) is 6.92 Å². The number of benzene rings is 2. The second kappa shape index (κ2) is 6.09. The molecule has 2 nitrogen and oxygen atoms in total. The van der Waals surface area contributed by atoms with Crippen molar-refractivity contribution < 1.29 is 17.9 Å². The first-order chi connectivity index (χ1) is 9.51. The van der Waals surface area contributed by atoms with Gasteiger partial charge in [0.2, 0.25) is 0 Å². The van der Waals surface area contributed by atoms with Crippen molar-refractivity contribution in [1.82, 2.24) is 0 Å². The third-order valence-corrected chi connectivity index (χ3v) is 3.58. The summed E-state index contributed by atoms with van der Waals surface area (Å²) in [5.41, 5.74) is 5.83. The van der Waals surface area contributed by atoms with E-state index in [-0.39, 0.29) is 16.3 Å². The third kappa shape index (κ3) is 3.19. The molecule has 0 fully saturated rings. The summed E-state index contributed by atoms with van der Waals surface area (Å²) in [7, 11) is 0. The molecular formula is C14H12F3NOS. The molecular weight excluding hydrogens is 287 g/mol. The van der Waals surface area contributed by atoms with E-state index >= 15 is 0 Å². The zero-order valence-electron chi connectivity index (χ0n) is 10.6. The molecule has 20 heavy (non-hydrogen) atoms. The maximum atomic E-state index is 13.6. The molecule has 0 saturated heterocycles. The van der Waals surface area contributed by atoms with E-state index in [0.717, 1.165) is 36.0 Å². The van der Waals surface area contributed by atoms with Crippen molar-refractivity contribution in [2.45, 2.75) is 16.7 Å². The SMILES string of the molecule is CCOc1cc(Sc2cc(F)ccc2F)c(N)cc1F. The first-order valence-electron chi connectivity index (χ1n) is 5.86. The lowest BCUT2D eigenvalue weighted by Crippen LogP contribution is -1.98. The van der Waals surface area contributed by atoms with Gasteiger partial charge in [0, 0.05) is 16.6 Å². The van der Waals surface area contributed by atoms with Crippen LogP contribution in [0, 0.1) is 17.5 Å². The Kier molecular flexibility index (Phi) is 4.44. The molecule has 0 heterocycles. The molecule has 0 aliphatic carbocycles. The fourth-order valence-corrected chi connectivity index (χ4v) is 2.50. The van der Waals surface area contributed by atoms with Crippen molar-refractivity contribution in [3.05, 3.63) is 47.8 Å². The number of hydrogen-bond acceptors (Lipinski definition) is 3. The first kappa shape index (κ1) is 14.6. The van der Waals surface area contributed by atoms with Crippen LogP contribution in [0.4, 0.5) is 18.9 Å². The maximum absolute atomic E-state index is 13.6. The van der Waals surface area contributed by atoms with E-state index in [2.05, 4.69) is 0 Å². The topological polar surface area (TPSA) is 35.2 Å². The fraction of sp³-hybridized carbons (Fsp3) is 0.143. The minimum atomic E-state index is -0.589. The molecule has 2 aromatic carbocycles. The number of ether oxygens (including phenoxy) is 1. The minimum Gasteiger partial charge on any atom is -0.491 e. The number of rotatable bonds is 4. The molecule has 0 amide bonds. The van der Waals surface area contributed by atoms with Crippen LogP contribution in [-0.2, 0) is 0 Å². The highest BCUT2D eigenvalue weighted by Crippen LogP contribution is 2.37. The summed E-state index contributed by atoms with van der Waals surface area (Å²) in [4.78, 5) is 0.477. The Bertz CT molecular complexity index is 634. The van der Waals surface area contributed by atoms with E-state index < -0.39 is 17.5 Å². The normalized spacial score (nSPS) is 10.6. The predicted octanol–water partition coefficient (Wildman–Crippen LogP) is 4.24. The van der Waals surface area contributed by atoms with E-state index in [1.165, 1.54) is 6.07 Å². The van der Waals surface area contributed by atoms with E-state index in [1.807, 2.05) is 0 Å². The van der Waals surface area contributed by atoms with Crippen molar-refractivity contribution in [3.63, 3.8) is 0 Å². The zero-order valence-corrected chi connectivity index (χ0v) is 11.4. The van der Waals surface area contributed by atoms with Crippen molar-refractivity contribution >= 4 is 17.4 Å². The molecule has 0 aliphatic rings. The molecule has 106 valence electrons. The Balaban J connectivity index is 2.37. The molecule has 2 N–H and O–H groups in total. The van der Waals surface area contributed by atoms with Gasteiger partial charge in [-0.05, 0) is 31.2 Å². The lowest BCUT2D eigenvalue weighted by Gasteiger charge is -2.10. The zero-order chi connectivity index (χ0) is 14.7. The summed E-state index contributed by atoms with van der Waals surface area (Å²) >= 11 is 0.917. The average Bonchev–Trinajstić information content (AvgIpc) is 2.39. The summed E-state index contributed by atoms with van der Waals surface area (Å²) in [6, 6.07) is 5.59. The number of anilines is 1. The second-order valence-corrected chi connectivity index (χ2v) is 5.01. The average molecular weight is 299 g/mol. The van der Waals surface area contributed by atoms with Gasteiger partial charge in [-0.15, -0.1) is 0 Å². The standard InChI is InChI=1S/C14H12F3NOS/c1-2-19-12-7-14(11(18)6-10(12)17)20-13-5-8(15)3-4-9(13)16/h3-7H,2,18H2,1H3. The Morgan fingerprint density at radius 1 is 1.05 bits per heavy atom. The molecule has 0 aliphatic heterocycles. The number of halogens is 3. The quantitative estimate of drug-likeness (QED) is 0.858.